The van der Waals surface area contributed by atoms with E-state index in [9.17, 15) is 0 Å². The first-order valence-corrected chi connectivity index (χ1v) is 10.5. The van der Waals surface area contributed by atoms with Crippen molar-refractivity contribution in [2.24, 2.45) is 0 Å². The van der Waals surface area contributed by atoms with E-state index in [1.165, 1.54) is 59.9 Å². The molecule has 2 heterocycles. The Bertz CT molecular complexity index is 1610. The highest BCUT2D eigenvalue weighted by atomic mass is 14.9. The van der Waals surface area contributed by atoms with Gasteiger partial charge in [0.05, 0.1) is 0 Å². The van der Waals surface area contributed by atoms with Crippen LogP contribution in [-0.4, -0.2) is 6.28 Å². The van der Waals surface area contributed by atoms with E-state index in [2.05, 4.69) is 103 Å². The van der Waals surface area contributed by atoms with Crippen molar-refractivity contribution in [2.75, 3.05) is 0 Å². The van der Waals surface area contributed by atoms with Crippen molar-refractivity contribution in [1.82, 2.24) is 0 Å². The number of hydrogen-bond acceptors (Lipinski definition) is 0. The first-order chi connectivity index (χ1) is 14.1. The molecule has 0 bridgehead atoms. The minimum Gasteiger partial charge on any atom is -0.410 e. The highest BCUT2D eigenvalue weighted by Gasteiger charge is 2.41. The molecular formula is C27H20BN. The van der Waals surface area contributed by atoms with E-state index in [0.717, 1.165) is 0 Å². The van der Waals surface area contributed by atoms with Gasteiger partial charge in [0, 0.05) is 23.1 Å². The number of hydrogen-bond donors (Lipinski definition) is 0. The molecule has 0 fully saturated rings. The number of fused-ring (bicyclic) bond motifs is 6. The van der Waals surface area contributed by atoms with E-state index in [4.69, 9.17) is 0 Å². The summed E-state index contributed by atoms with van der Waals surface area (Å²) in [6.07, 6.45) is -0.899. The number of para-hydroxylation sites is 1. The average molecular weight is 369 g/mol. The first kappa shape index (κ1) is 15.5. The van der Waals surface area contributed by atoms with Crippen LogP contribution >= 0.6 is 0 Å². The van der Waals surface area contributed by atoms with Gasteiger partial charge >= 0.3 is 6.28 Å². The smallest absolute Gasteiger partial charge is 0.301 e. The summed E-state index contributed by atoms with van der Waals surface area (Å²) in [5.41, 5.74) is 5.58. The maximum absolute atomic E-state index is 2.60. The van der Waals surface area contributed by atoms with E-state index in [1.807, 2.05) is 0 Å². The highest BCUT2D eigenvalue weighted by Crippen LogP contribution is 2.40. The highest BCUT2D eigenvalue weighted by molar-refractivity contribution is 6.85. The molecule has 1 aliphatic heterocycles. The Kier molecular flexibility index (Phi) is 2.65. The van der Waals surface area contributed by atoms with Crippen LogP contribution in [0.25, 0.3) is 54.5 Å². The van der Waals surface area contributed by atoms with E-state index in [0.29, 0.717) is 0 Å². The second kappa shape index (κ2) is 4.96. The molecule has 2 heteroatoms. The number of nitrogens with zero attached hydrogens (tertiary/aromatic N) is 1. The number of rotatable bonds is 0. The topological polar surface area (TPSA) is 3.88 Å². The third-order valence-corrected chi connectivity index (χ3v) is 7.22. The molecule has 1 aliphatic rings. The molecule has 0 spiro atoms. The van der Waals surface area contributed by atoms with Crippen LogP contribution in [0.3, 0.4) is 0 Å². The fraction of sp³-hybridized carbons (Fsp3) is 0.0741. The summed E-state index contributed by atoms with van der Waals surface area (Å²) in [6.45, 7) is 4.83. The fourth-order valence-corrected chi connectivity index (χ4v) is 5.94. The predicted octanol–water partition coefficient (Wildman–Crippen LogP) is 5.97. The Morgan fingerprint density at radius 3 is 2.17 bits per heavy atom. The maximum atomic E-state index is 2.60. The van der Waals surface area contributed by atoms with Gasteiger partial charge in [-0.25, -0.2) is 0 Å². The molecule has 0 N–H and O–H groups in total. The number of aromatic nitrogens is 1. The number of benzene rings is 5. The molecule has 0 unspecified atom stereocenters. The molecule has 5 aromatic carbocycles. The first-order valence-electron chi connectivity index (χ1n) is 10.5. The summed E-state index contributed by atoms with van der Waals surface area (Å²) in [5.74, 6) is 0. The molecule has 0 aliphatic carbocycles. The SMILES string of the molecule is C[B-]1(C)c2cc3ccc4cccc5ccc(c2-c2ccc6ccccc6[n+]21)c3c45. The van der Waals surface area contributed by atoms with Crippen LogP contribution in [0, 0.1) is 0 Å². The fourth-order valence-electron chi connectivity index (χ4n) is 5.94. The minimum atomic E-state index is -0.899. The summed E-state index contributed by atoms with van der Waals surface area (Å²) in [7, 11) is 0. The normalized spacial score (nSPS) is 14.8. The van der Waals surface area contributed by atoms with Gasteiger partial charge in [0.25, 0.3) is 0 Å². The van der Waals surface area contributed by atoms with E-state index < -0.39 is 6.28 Å². The quantitative estimate of drug-likeness (QED) is 0.230. The standard InChI is InChI=1S/C27H20BN/c1-28(2)22-16-20-11-10-18-7-5-8-19-12-14-21(26(20)25(18)19)27(22)24-15-13-17-6-3-4-9-23(17)29(24)28/h3-16H,1-2H3. The Labute approximate surface area is 169 Å². The van der Waals surface area contributed by atoms with Crippen LogP contribution in [0.2, 0.25) is 13.6 Å². The molecule has 0 radical (unpaired) electrons. The van der Waals surface area contributed by atoms with Gasteiger partial charge in [0.15, 0.2) is 11.2 Å². The van der Waals surface area contributed by atoms with Gasteiger partial charge in [0.2, 0.25) is 0 Å². The second-order valence-electron chi connectivity index (χ2n) is 9.14. The van der Waals surface area contributed by atoms with Crippen LogP contribution in [0.4, 0.5) is 0 Å². The lowest BCUT2D eigenvalue weighted by Gasteiger charge is -2.23. The van der Waals surface area contributed by atoms with Crippen LogP contribution in [0.5, 0.6) is 0 Å². The summed E-state index contributed by atoms with van der Waals surface area (Å²) in [6, 6.07) is 31.7. The van der Waals surface area contributed by atoms with Crippen molar-refractivity contribution in [3.63, 3.8) is 0 Å². The zero-order valence-electron chi connectivity index (χ0n) is 16.6. The van der Waals surface area contributed by atoms with Gasteiger partial charge in [-0.2, -0.15) is 0 Å². The lowest BCUT2D eigenvalue weighted by molar-refractivity contribution is -0.498. The van der Waals surface area contributed by atoms with E-state index >= 15 is 0 Å². The molecule has 0 amide bonds. The van der Waals surface area contributed by atoms with E-state index in [-0.39, 0.29) is 0 Å². The summed E-state index contributed by atoms with van der Waals surface area (Å²) < 4.78 is 2.60. The van der Waals surface area contributed by atoms with Crippen LogP contribution < -0.4 is 9.94 Å². The molecule has 0 saturated heterocycles. The van der Waals surface area contributed by atoms with Gasteiger partial charge in [-0.15, -0.1) is 19.1 Å². The van der Waals surface area contributed by atoms with Crippen molar-refractivity contribution in [3.05, 3.63) is 84.9 Å². The maximum Gasteiger partial charge on any atom is 0.301 e. The molecule has 136 valence electrons. The van der Waals surface area contributed by atoms with Crippen LogP contribution in [0.1, 0.15) is 0 Å². The van der Waals surface area contributed by atoms with Gasteiger partial charge in [-0.3, -0.25) is 0 Å². The monoisotopic (exact) mass is 369 g/mol. The van der Waals surface area contributed by atoms with Gasteiger partial charge in [0.1, 0.15) is 0 Å². The summed E-state index contributed by atoms with van der Waals surface area (Å²) >= 11 is 0. The van der Waals surface area contributed by atoms with Gasteiger partial charge < -0.3 is 4.48 Å². The van der Waals surface area contributed by atoms with Crippen molar-refractivity contribution in [1.29, 1.82) is 0 Å². The summed E-state index contributed by atoms with van der Waals surface area (Å²) in [5, 5.41) is 9.52. The largest absolute Gasteiger partial charge is 0.410 e. The predicted molar refractivity (Wildman–Crippen MR) is 126 cm³/mol. The third-order valence-electron chi connectivity index (χ3n) is 7.22. The number of pyridine rings is 1. The molecule has 7 rings (SSSR count). The molecule has 0 saturated carbocycles. The Hall–Kier alpha value is -3.39. The van der Waals surface area contributed by atoms with Crippen LogP contribution in [0.15, 0.2) is 84.9 Å². The average Bonchev–Trinajstić information content (AvgIpc) is 2.99. The molecule has 1 nitrogen and oxygen atoms in total. The Morgan fingerprint density at radius 2 is 1.31 bits per heavy atom. The zero-order chi connectivity index (χ0) is 19.3. The second-order valence-corrected chi connectivity index (χ2v) is 9.14. The minimum absolute atomic E-state index is 0.899. The lowest BCUT2D eigenvalue weighted by atomic mass is 9.35. The van der Waals surface area contributed by atoms with Crippen molar-refractivity contribution >= 4 is 55.0 Å². The molecule has 1 aromatic heterocycles. The third kappa shape index (κ3) is 1.76. The van der Waals surface area contributed by atoms with Crippen LogP contribution in [-0.2, 0) is 0 Å². The molecule has 0 atom stereocenters. The van der Waals surface area contributed by atoms with E-state index in [1.54, 1.807) is 0 Å². The van der Waals surface area contributed by atoms with Crippen molar-refractivity contribution in [2.45, 2.75) is 13.6 Å². The summed E-state index contributed by atoms with van der Waals surface area (Å²) in [4.78, 5) is 0. The lowest BCUT2D eigenvalue weighted by Crippen LogP contribution is -2.64. The van der Waals surface area contributed by atoms with Gasteiger partial charge in [-0.05, 0) is 44.5 Å². The van der Waals surface area contributed by atoms with Crippen molar-refractivity contribution in [3.8, 4) is 11.3 Å². The van der Waals surface area contributed by atoms with Crippen molar-refractivity contribution < 1.29 is 4.48 Å². The van der Waals surface area contributed by atoms with Gasteiger partial charge in [-0.1, -0.05) is 60.7 Å². The zero-order valence-corrected chi connectivity index (χ0v) is 16.6. The Morgan fingerprint density at radius 1 is 0.621 bits per heavy atom. The molecule has 29 heavy (non-hydrogen) atoms. The molecule has 6 aromatic rings. The molecular weight excluding hydrogens is 349 g/mol. The Balaban J connectivity index is 1.75.